The molecule has 14 aliphatic rings. The predicted octanol–water partition coefficient (Wildman–Crippen LogP) is 16.1. The molecule has 592 valence electrons. The number of carbonyl (C=O) groups excluding carboxylic acids is 1. The Kier molecular flexibility index (Phi) is 33.4. The molecule has 9 heterocycles. The Hall–Kier alpha value is 1.11. The molecule has 1 aromatic heterocycles. The number of benzene rings is 3. The van der Waals surface area contributed by atoms with Crippen LogP contribution in [0, 0.1) is 35.5 Å². The molecule has 12 fully saturated rings. The third-order valence-corrected chi connectivity index (χ3v) is 33.1. The molecule has 38 heteroatoms. The van der Waals surface area contributed by atoms with Gasteiger partial charge in [0, 0.05) is 91.7 Å². The Bertz CT molecular complexity index is 3520. The minimum absolute atomic E-state index is 0. The monoisotopic (exact) mass is 1920 g/mol. The number of quaternary nitrogens is 2. The molecule has 14 atom stereocenters. The van der Waals surface area contributed by atoms with Crippen molar-refractivity contribution in [1.29, 1.82) is 0 Å². The van der Waals surface area contributed by atoms with Crippen LogP contribution < -0.4 is 27.3 Å². The normalized spacial score (nSPS) is 36.5. The van der Waals surface area contributed by atoms with Crippen LogP contribution >= 0.6 is 255 Å². The molecule has 14 unspecified atom stereocenters. The van der Waals surface area contributed by atoms with Gasteiger partial charge in [0.05, 0.1) is 88.3 Å². The molecule has 0 N–H and O–H groups in total. The fourth-order valence-corrected chi connectivity index (χ4v) is 26.1. The average molecular weight is 1930 g/mol. The van der Waals surface area contributed by atoms with E-state index in [0.29, 0.717) is 22.0 Å². The van der Waals surface area contributed by atoms with Crippen molar-refractivity contribution in [1.82, 2.24) is 44.4 Å². The van der Waals surface area contributed by atoms with E-state index in [2.05, 4.69) is 94.0 Å². The summed E-state index contributed by atoms with van der Waals surface area (Å²) in [6.45, 7) is 27.9. The quantitative estimate of drug-likeness (QED) is 0.0679. The zero-order chi connectivity index (χ0) is 77.3. The standard InChI is InChI=1S/C13H10Cl2S.C11H20ClN5.2C10H6Cl8.2C9H16ClN4.C7H6O2.ClH/c14-11-3-1-10(2-4-11)9-16-13-7-5-12(15)6-8-13;1-5-16(6-2)10-13-9(12)14-11(15-10)17(7-3)8-4;2*11-4-1-2(5(12)7(4)14)9(16)8(15)6(13)3(1)10(9,17)18;2*10-2-1-3-14-7-11-4-12(8-14)6-13(5-11)9-14;8-7(9)6-4-2-1-3-5-6;/h1-8H,9H2;5-8H2,1-4H3;2*1-5,7H;2*1-2H,3-9H2;1-5H,(H,8,9);1H/q;;;;2*+1;;/p-2. The first-order chi connectivity index (χ1) is 50.1. The number of anilines is 2. The molecule has 6 aliphatic carbocycles. The number of carbonyl (C=O) groups is 1. The Balaban J connectivity index is 0.000000145. The molecular formula is C69H79Cl22N13O2S. The van der Waals surface area contributed by atoms with Gasteiger partial charge in [-0.15, -0.1) is 105 Å². The van der Waals surface area contributed by atoms with Crippen molar-refractivity contribution < 1.29 is 31.3 Å². The number of rotatable bonds is 14. The molecule has 18 rings (SSSR count). The second kappa shape index (κ2) is 38.9. The summed E-state index contributed by atoms with van der Waals surface area (Å²) in [6.07, 6.45) is 4.16. The summed E-state index contributed by atoms with van der Waals surface area (Å²) in [6, 6.07) is 23.9. The highest BCUT2D eigenvalue weighted by Crippen LogP contribution is 2.78. The van der Waals surface area contributed by atoms with Crippen molar-refractivity contribution in [2.45, 2.75) is 89.0 Å². The molecule has 4 aromatic rings. The third kappa shape index (κ3) is 19.2. The van der Waals surface area contributed by atoms with Crippen LogP contribution in [0.2, 0.25) is 15.3 Å². The molecule has 8 aliphatic heterocycles. The Morgan fingerprint density at radius 2 is 0.841 bits per heavy atom. The molecule has 15 nitrogen and oxygen atoms in total. The van der Waals surface area contributed by atoms with Crippen molar-refractivity contribution in [3.05, 3.63) is 149 Å². The highest BCUT2D eigenvalue weighted by molar-refractivity contribution is 7.98. The van der Waals surface area contributed by atoms with Gasteiger partial charge < -0.3 is 32.1 Å². The molecular weight excluding hydrogens is 1850 g/mol. The van der Waals surface area contributed by atoms with Crippen LogP contribution in [-0.2, 0) is 5.75 Å². The molecule has 4 saturated carbocycles. The van der Waals surface area contributed by atoms with Gasteiger partial charge in [-0.3, -0.25) is 8.97 Å². The lowest BCUT2D eigenvalue weighted by Gasteiger charge is -2.60. The molecule has 107 heavy (non-hydrogen) atoms. The van der Waals surface area contributed by atoms with Gasteiger partial charge in [-0.25, -0.2) is 29.4 Å². The maximum Gasteiger partial charge on any atom is 0.231 e. The number of hydrogen-bond donors (Lipinski definition) is 0. The molecule has 0 amide bonds. The minimum Gasteiger partial charge on any atom is -1.00 e. The number of alkyl halides is 12. The van der Waals surface area contributed by atoms with Crippen LogP contribution in [-0.4, -0.2) is 229 Å². The molecule has 12 bridgehead atoms. The van der Waals surface area contributed by atoms with E-state index in [1.54, 1.807) is 41.0 Å². The number of aromatic nitrogens is 3. The molecule has 3 aromatic carbocycles. The summed E-state index contributed by atoms with van der Waals surface area (Å²) in [5, 5.41) is 10.7. The van der Waals surface area contributed by atoms with Crippen LogP contribution in [0.3, 0.4) is 0 Å². The van der Waals surface area contributed by atoms with E-state index in [-0.39, 0.29) is 67.7 Å². The first-order valence-electron chi connectivity index (χ1n) is 34.1. The van der Waals surface area contributed by atoms with Crippen molar-refractivity contribution >= 4 is 273 Å². The predicted molar refractivity (Wildman–Crippen MR) is 447 cm³/mol. The van der Waals surface area contributed by atoms with Crippen LogP contribution in [0.15, 0.2) is 127 Å². The summed E-state index contributed by atoms with van der Waals surface area (Å²) in [4.78, 5) is 40.9. The number of halogens is 22. The molecule has 0 spiro atoms. The van der Waals surface area contributed by atoms with Gasteiger partial charge in [-0.2, -0.15) is 15.0 Å². The minimum atomic E-state index is -1.31. The third-order valence-electron chi connectivity index (χ3n) is 20.9. The number of carboxylic acid groups (broad SMARTS) is 1. The second-order valence-corrected chi connectivity index (χ2v) is 39.2. The summed E-state index contributed by atoms with van der Waals surface area (Å²) < 4.78 is -0.336. The van der Waals surface area contributed by atoms with Crippen LogP contribution in [0.5, 0.6) is 0 Å². The lowest BCUT2D eigenvalue weighted by atomic mass is 9.85. The lowest BCUT2D eigenvalue weighted by molar-refractivity contribution is -0.975. The van der Waals surface area contributed by atoms with Gasteiger partial charge in [0.2, 0.25) is 17.2 Å². The smallest absolute Gasteiger partial charge is 0.231 e. The zero-order valence-electron chi connectivity index (χ0n) is 58.0. The van der Waals surface area contributed by atoms with E-state index < -0.39 is 57.7 Å². The van der Waals surface area contributed by atoms with Crippen molar-refractivity contribution in [3.63, 3.8) is 0 Å². The van der Waals surface area contributed by atoms with Crippen molar-refractivity contribution in [3.8, 4) is 0 Å². The SMILES string of the molecule is CCN(CC)c1nc(Cl)nc(N(CC)CC)n1.ClC1=C(Cl)C2(Cl)C3C(Cl)C(Cl)C(Cl)C3C1C2(Cl)Cl.ClC1=C(Cl)C2(Cl)C3C(Cl)C(Cl)C(Cl)C3C1C2(Cl)Cl.ClC=CC[N+]12CN3CN(CN(C3)C1)C2.ClC=CC[N+]12CN3CN(CN(C3)C1)C2.Clc1ccc(CSc2ccc(Cl)cc2)cc1.O=C([O-])c1ccccc1.[Cl-]. The van der Waals surface area contributed by atoms with Gasteiger partial charge in [0.25, 0.3) is 0 Å². The number of nitrogens with zero attached hydrogens (tertiary/aromatic N) is 13. The van der Waals surface area contributed by atoms with Gasteiger partial charge in [-0.1, -0.05) is 182 Å². The number of aromatic carboxylic acids is 1. The summed E-state index contributed by atoms with van der Waals surface area (Å²) in [5.74, 6) is -0.655. The molecule has 8 saturated heterocycles. The largest absolute Gasteiger partial charge is 1.00 e. The van der Waals surface area contributed by atoms with Gasteiger partial charge >= 0.3 is 0 Å². The van der Waals surface area contributed by atoms with E-state index in [1.807, 2.05) is 48.5 Å². The fraction of sp³-hybridized carbons (Fsp3) is 0.565. The average Bonchev–Trinajstić information content (AvgIpc) is 1.50. The Morgan fingerprint density at radius 1 is 0.505 bits per heavy atom. The van der Waals surface area contributed by atoms with Crippen LogP contribution in [0.25, 0.3) is 0 Å². The highest BCUT2D eigenvalue weighted by Gasteiger charge is 2.81. The number of thioether (sulfide) groups is 1. The first-order valence-corrected chi connectivity index (χ1v) is 43.5. The topological polar surface area (TPSA) is 105 Å². The van der Waals surface area contributed by atoms with Gasteiger partial charge in [0.1, 0.15) is 62.9 Å². The van der Waals surface area contributed by atoms with E-state index in [4.69, 9.17) is 244 Å². The van der Waals surface area contributed by atoms with E-state index >= 15 is 0 Å². The summed E-state index contributed by atoms with van der Waals surface area (Å²) in [7, 11) is 0. The number of fused-ring (bicyclic) bond motifs is 10. The van der Waals surface area contributed by atoms with E-state index in [0.717, 1.165) is 104 Å². The molecule has 0 radical (unpaired) electrons. The van der Waals surface area contributed by atoms with Crippen LogP contribution in [0.1, 0.15) is 43.6 Å². The summed E-state index contributed by atoms with van der Waals surface area (Å²) in [5.41, 5.74) is 4.79. The number of carboxylic acids is 1. The van der Waals surface area contributed by atoms with Crippen LogP contribution in [0.4, 0.5) is 11.9 Å². The summed E-state index contributed by atoms with van der Waals surface area (Å²) >= 11 is 132. The van der Waals surface area contributed by atoms with Crippen molar-refractivity contribution in [2.75, 3.05) is 129 Å². The second-order valence-electron chi connectivity index (χ2n) is 27.9. The first kappa shape index (κ1) is 92.0. The van der Waals surface area contributed by atoms with Gasteiger partial charge in [-0.05, 0) is 111 Å². The fourth-order valence-electron chi connectivity index (χ4n) is 16.7. The Labute approximate surface area is 743 Å². The number of allylic oxidation sites excluding steroid dienone is 4. The van der Waals surface area contributed by atoms with E-state index in [1.165, 1.54) is 62.6 Å². The van der Waals surface area contributed by atoms with Gasteiger partial charge in [0.15, 0.2) is 8.67 Å². The maximum absolute atomic E-state index is 10.1. The highest BCUT2D eigenvalue weighted by atomic mass is 35.5. The zero-order valence-corrected chi connectivity index (χ0v) is 75.5. The maximum atomic E-state index is 10.1. The van der Waals surface area contributed by atoms with E-state index in [9.17, 15) is 9.90 Å². The number of hydrogen-bond acceptors (Lipinski definition) is 14. The Morgan fingerprint density at radius 3 is 1.15 bits per heavy atom. The van der Waals surface area contributed by atoms with Crippen molar-refractivity contribution in [2.24, 2.45) is 35.5 Å². The lowest BCUT2D eigenvalue weighted by Crippen LogP contribution is -3.00.